The highest BCUT2D eigenvalue weighted by atomic mass is 19.4. The molecule has 5 rings (SSSR count). The molecule has 428 valence electrons. The zero-order valence-electron chi connectivity index (χ0n) is 41.7. The molecule has 0 saturated heterocycles. The number of carbonyl (C=O) groups is 6. The van der Waals surface area contributed by atoms with Crippen LogP contribution in [-0.2, 0) is 47.7 Å². The van der Waals surface area contributed by atoms with Crippen LogP contribution < -0.4 is 81.4 Å². The smallest absolute Gasteiger partial charge is 0.370 e. The van der Waals surface area contributed by atoms with E-state index >= 15 is 0 Å². The van der Waals surface area contributed by atoms with Crippen molar-refractivity contribution in [3.8, 4) is 0 Å². The summed E-state index contributed by atoms with van der Waals surface area (Å²) in [4.78, 5) is 85.4. The molecule has 33 heteroatoms. The molecular formula is C48H52F6N20O7. The number of aliphatic hydroxyl groups is 1. The van der Waals surface area contributed by atoms with E-state index in [4.69, 9.17) is 50.3 Å². The summed E-state index contributed by atoms with van der Waals surface area (Å²) in [5.74, 6) is -12.4. The van der Waals surface area contributed by atoms with E-state index in [9.17, 15) is 60.2 Å². The van der Waals surface area contributed by atoms with Gasteiger partial charge in [-0.15, -0.1) is 0 Å². The van der Waals surface area contributed by atoms with Crippen LogP contribution in [0.4, 0.5) is 32.0 Å². The van der Waals surface area contributed by atoms with Gasteiger partial charge in [0.1, 0.15) is 11.7 Å². The van der Waals surface area contributed by atoms with E-state index in [-0.39, 0.29) is 11.1 Å². The first-order valence-electron chi connectivity index (χ1n) is 23.2. The summed E-state index contributed by atoms with van der Waals surface area (Å²) in [6, 6.07) is 22.6. The third-order valence-electron chi connectivity index (χ3n) is 11.0. The number of aromatic nitrogens is 1. The molecule has 4 aromatic carbocycles. The fourth-order valence-electron chi connectivity index (χ4n) is 7.34. The van der Waals surface area contributed by atoms with Crippen molar-refractivity contribution in [1.82, 2.24) is 52.8 Å². The third-order valence-corrected chi connectivity index (χ3v) is 11.0. The summed E-state index contributed by atoms with van der Waals surface area (Å²) < 4.78 is 87.0. The topological polar surface area (TPSA) is 473 Å². The Bertz CT molecular complexity index is 3210. The first-order chi connectivity index (χ1) is 38.0. The Kier molecular flexibility index (Phi) is 20.0. The number of hydrogen-bond acceptors (Lipinski definition) is 13. The van der Waals surface area contributed by atoms with Crippen LogP contribution >= 0.6 is 0 Å². The van der Waals surface area contributed by atoms with E-state index in [1.165, 1.54) is 42.5 Å². The SMILES string of the molecule is N=C(N)NC(NC(=O)C(NC(=N)N)NC(=O)C(NC(=N)N)NC(=O)C(NC(=N)N)NC(=O)C(NC(=O)C(O)N(Cc1ccc(/C=C/c2ccccc2)cc1)c1cc(C(F)(F)F)nc2c(C(F)(F)F)cccc12)c1ccccc1)C(N)=O. The van der Waals surface area contributed by atoms with Crippen LogP contribution in [0.15, 0.2) is 109 Å². The number of primary amides is 1. The Morgan fingerprint density at radius 3 is 1.43 bits per heavy atom. The number of guanidine groups is 4. The Balaban J connectivity index is 1.51. The molecule has 27 nitrogen and oxygen atoms in total. The van der Waals surface area contributed by atoms with E-state index in [2.05, 4.69) is 20.9 Å². The van der Waals surface area contributed by atoms with Crippen LogP contribution in [0.25, 0.3) is 23.1 Å². The second kappa shape index (κ2) is 26.6. The van der Waals surface area contributed by atoms with Gasteiger partial charge < -0.3 is 86.5 Å². The molecule has 81 heavy (non-hydrogen) atoms. The number of anilines is 1. The van der Waals surface area contributed by atoms with Crippen LogP contribution in [-0.4, -0.2) is 100 Å². The summed E-state index contributed by atoms with van der Waals surface area (Å²) >= 11 is 0. The van der Waals surface area contributed by atoms with Gasteiger partial charge in [-0.3, -0.25) is 50.4 Å². The molecule has 6 amide bonds. The summed E-state index contributed by atoms with van der Waals surface area (Å²) in [6.07, 6.45) is -18.2. The number of nitrogens with zero attached hydrogens (tertiary/aromatic N) is 2. The number of nitrogens with two attached hydrogens (primary N) is 5. The van der Waals surface area contributed by atoms with Crippen molar-refractivity contribution in [1.29, 1.82) is 21.6 Å². The highest BCUT2D eigenvalue weighted by Crippen LogP contribution is 2.41. The van der Waals surface area contributed by atoms with E-state index < -0.39 is 143 Å². The van der Waals surface area contributed by atoms with Gasteiger partial charge in [0.2, 0.25) is 12.1 Å². The highest BCUT2D eigenvalue weighted by molar-refractivity contribution is 6.01. The summed E-state index contributed by atoms with van der Waals surface area (Å²) in [7, 11) is 0. The van der Waals surface area contributed by atoms with E-state index in [0.29, 0.717) is 22.6 Å². The van der Waals surface area contributed by atoms with Crippen LogP contribution in [0.2, 0.25) is 0 Å². The minimum absolute atomic E-state index is 0.110. The van der Waals surface area contributed by atoms with E-state index in [0.717, 1.165) is 17.7 Å². The number of halogens is 6. The molecule has 0 saturated carbocycles. The number of carbonyl (C=O) groups excluding carboxylic acids is 6. The standard InChI is InChI=1S/C48H52F6N20O7/c49-47(50,51)27-13-7-12-26-28(20-29(48(52,53)54)64-31(26)27)74(21-24-18-16-23(17-19-24)15-14-22-8-3-1-4-9-22)42(81)41(80)65-30(25-10-5-2-6-11-25)37(76)67-34(71-44(58)59)39(78)69-36(73-46(62)63)40(79)68-35(72-45(60)61)38(77)66-33(32(55)75)70-43(56)57/h1-20,30,33-36,42,81H,21H2,(H2,55,75)(H,65,80)(H,66,77)(H,67,76)(H,68,79)(H,69,78)(H4,56,57,70)(H4,58,59,71)(H4,60,61,72)(H4,62,63,73)/b15-14+. The number of para-hydroxylation sites is 1. The Morgan fingerprint density at radius 1 is 0.531 bits per heavy atom. The minimum Gasteiger partial charge on any atom is -0.370 e. The Hall–Kier alpha value is -10.7. The van der Waals surface area contributed by atoms with E-state index in [1.807, 2.05) is 62.2 Å². The average molecular weight is 1140 g/mol. The molecule has 1 heterocycles. The van der Waals surface area contributed by atoms with Crippen molar-refractivity contribution in [2.75, 3.05) is 4.90 Å². The van der Waals surface area contributed by atoms with Crippen LogP contribution in [0.3, 0.4) is 0 Å². The average Bonchev–Trinajstić information content (AvgIpc) is 3.40. The molecule has 0 bridgehead atoms. The van der Waals surface area contributed by atoms with E-state index in [1.54, 1.807) is 24.3 Å². The van der Waals surface area contributed by atoms with Gasteiger partial charge in [-0.1, -0.05) is 109 Å². The lowest BCUT2D eigenvalue weighted by Crippen LogP contribution is -2.68. The number of hydrogen-bond donors (Lipinski definition) is 19. The normalized spacial score (nSPS) is 13.6. The fraction of sp³-hybridized carbons (Fsp3) is 0.188. The van der Waals surface area contributed by atoms with Crippen molar-refractivity contribution in [3.05, 3.63) is 143 Å². The Morgan fingerprint density at radius 2 is 0.975 bits per heavy atom. The third kappa shape index (κ3) is 17.4. The number of alkyl halides is 6. The molecule has 6 unspecified atom stereocenters. The molecule has 1 aromatic heterocycles. The van der Waals surface area contributed by atoms with Crippen LogP contribution in [0.5, 0.6) is 0 Å². The quantitative estimate of drug-likeness (QED) is 0.0127. The highest BCUT2D eigenvalue weighted by Gasteiger charge is 2.40. The van der Waals surface area contributed by atoms with Crippen LogP contribution in [0, 0.1) is 21.6 Å². The second-order valence-corrected chi connectivity index (χ2v) is 17.0. The zero-order valence-corrected chi connectivity index (χ0v) is 41.7. The molecular weight excluding hydrogens is 1080 g/mol. The molecule has 0 fully saturated rings. The first-order valence-corrected chi connectivity index (χ1v) is 23.2. The molecule has 5 aromatic rings. The van der Waals surface area contributed by atoms with Crippen molar-refractivity contribution in [2.45, 2.75) is 55.8 Å². The number of benzene rings is 4. The monoisotopic (exact) mass is 1130 g/mol. The fourth-order valence-corrected chi connectivity index (χ4v) is 7.34. The molecule has 0 spiro atoms. The molecule has 0 aliphatic heterocycles. The largest absolute Gasteiger partial charge is 0.433 e. The number of nitrogens with one attached hydrogen (secondary N) is 13. The van der Waals surface area contributed by atoms with Crippen molar-refractivity contribution >= 4 is 88.0 Å². The molecule has 0 aliphatic rings. The van der Waals surface area contributed by atoms with Gasteiger partial charge in [0.15, 0.2) is 48.5 Å². The van der Waals surface area contributed by atoms with Gasteiger partial charge in [0.25, 0.3) is 29.5 Å². The number of rotatable bonds is 22. The lowest BCUT2D eigenvalue weighted by Gasteiger charge is -2.32. The summed E-state index contributed by atoms with van der Waals surface area (Å²) in [5, 5.41) is 60.5. The lowest BCUT2D eigenvalue weighted by atomic mass is 10.0. The zero-order chi connectivity index (χ0) is 59.9. The van der Waals surface area contributed by atoms with Crippen LogP contribution in [0.1, 0.15) is 39.6 Å². The van der Waals surface area contributed by atoms with Crippen molar-refractivity contribution in [2.24, 2.45) is 28.7 Å². The number of fused-ring (bicyclic) bond motifs is 1. The summed E-state index contributed by atoms with van der Waals surface area (Å²) in [5.41, 5.74) is 22.9. The predicted molar refractivity (Wildman–Crippen MR) is 280 cm³/mol. The maximum Gasteiger partial charge on any atom is 0.433 e. The van der Waals surface area contributed by atoms with Crippen molar-refractivity contribution in [3.63, 3.8) is 0 Å². The van der Waals surface area contributed by atoms with Gasteiger partial charge in [-0.2, -0.15) is 26.3 Å². The Labute approximate surface area is 453 Å². The first kappa shape index (κ1) is 61.1. The molecule has 0 radical (unpaired) electrons. The van der Waals surface area contributed by atoms with Gasteiger partial charge in [-0.25, -0.2) is 4.98 Å². The predicted octanol–water partition coefficient (Wildman–Crippen LogP) is -1.19. The maximum atomic E-state index is 14.6. The summed E-state index contributed by atoms with van der Waals surface area (Å²) in [6.45, 7) is -0.679. The van der Waals surface area contributed by atoms with Crippen molar-refractivity contribution < 1.29 is 60.2 Å². The van der Waals surface area contributed by atoms with Gasteiger partial charge in [0.05, 0.1) is 16.8 Å². The number of aliphatic hydroxyl groups excluding tert-OH is 1. The minimum atomic E-state index is -5.38. The molecule has 6 atom stereocenters. The van der Waals surface area contributed by atoms with Gasteiger partial charge in [0, 0.05) is 11.9 Å². The van der Waals surface area contributed by atoms with Gasteiger partial charge >= 0.3 is 12.4 Å². The maximum absolute atomic E-state index is 14.6. The number of amides is 6. The molecule has 24 N–H and O–H groups in total. The molecule has 0 aliphatic carbocycles. The number of pyridine rings is 1. The second-order valence-electron chi connectivity index (χ2n) is 17.0. The van der Waals surface area contributed by atoms with Gasteiger partial charge in [-0.05, 0) is 34.4 Å². The lowest BCUT2D eigenvalue weighted by molar-refractivity contribution is -0.142.